The molecule has 9 heteroatoms. The fourth-order valence-corrected chi connectivity index (χ4v) is 2.24. The monoisotopic (exact) mass is 336 g/mol. The number of nitro benzene ring substituents is 1. The second kappa shape index (κ2) is 6.16. The number of benzene rings is 1. The van der Waals surface area contributed by atoms with Gasteiger partial charge in [0.15, 0.2) is 0 Å². The molecule has 1 aliphatic heterocycles. The second-order valence-corrected chi connectivity index (χ2v) is 6.64. The van der Waals surface area contributed by atoms with Crippen LogP contribution in [0.15, 0.2) is 18.2 Å². The van der Waals surface area contributed by atoms with E-state index in [-0.39, 0.29) is 11.3 Å². The van der Waals surface area contributed by atoms with E-state index in [0.717, 1.165) is 5.06 Å². The molecule has 0 atom stereocenters. The third kappa shape index (κ3) is 3.28. The Morgan fingerprint density at radius 2 is 1.75 bits per heavy atom. The molecule has 8 nitrogen and oxygen atoms in total. The lowest BCUT2D eigenvalue weighted by Crippen LogP contribution is -2.41. The summed E-state index contributed by atoms with van der Waals surface area (Å²) < 4.78 is 11.8. The first kappa shape index (κ1) is 18.4. The minimum Gasteiger partial charge on any atom is -0.399 e. The number of carbonyl (C=O) groups is 1. The number of hydrogen-bond acceptors (Lipinski definition) is 6. The van der Waals surface area contributed by atoms with E-state index in [1.807, 2.05) is 27.7 Å². The summed E-state index contributed by atoms with van der Waals surface area (Å²) in [6.07, 6.45) is 0. The number of hydroxylamine groups is 2. The van der Waals surface area contributed by atoms with Crippen molar-refractivity contribution in [2.75, 3.05) is 14.2 Å². The van der Waals surface area contributed by atoms with E-state index in [0.29, 0.717) is 5.46 Å². The van der Waals surface area contributed by atoms with E-state index in [2.05, 4.69) is 0 Å². The summed E-state index contributed by atoms with van der Waals surface area (Å²) in [5, 5.41) is 12.2. The highest BCUT2D eigenvalue weighted by molar-refractivity contribution is 6.62. The van der Waals surface area contributed by atoms with Crippen molar-refractivity contribution in [2.24, 2.45) is 0 Å². The van der Waals surface area contributed by atoms with E-state index in [4.69, 9.17) is 14.1 Å². The largest absolute Gasteiger partial charge is 0.495 e. The normalized spacial score (nSPS) is 18.5. The first-order chi connectivity index (χ1) is 11.0. The van der Waals surface area contributed by atoms with Crippen molar-refractivity contribution < 1.29 is 23.9 Å². The average molecular weight is 336 g/mol. The second-order valence-electron chi connectivity index (χ2n) is 6.64. The van der Waals surface area contributed by atoms with Crippen LogP contribution in [0.25, 0.3) is 0 Å². The van der Waals surface area contributed by atoms with Crippen LogP contribution in [0.2, 0.25) is 0 Å². The van der Waals surface area contributed by atoms with E-state index >= 15 is 0 Å². The molecule has 1 heterocycles. The summed E-state index contributed by atoms with van der Waals surface area (Å²) in [4.78, 5) is 27.8. The summed E-state index contributed by atoms with van der Waals surface area (Å²) in [5.74, 6) is -0.501. The van der Waals surface area contributed by atoms with Crippen LogP contribution in [0, 0.1) is 10.1 Å². The average Bonchev–Trinajstić information content (AvgIpc) is 2.73. The molecule has 0 bridgehead atoms. The number of non-ortho nitro benzene ring substituents is 1. The van der Waals surface area contributed by atoms with Crippen molar-refractivity contribution in [3.05, 3.63) is 33.9 Å². The molecule has 0 aliphatic carbocycles. The summed E-state index contributed by atoms with van der Waals surface area (Å²) in [7, 11) is 1.97. The Bertz CT molecular complexity index is 660. The van der Waals surface area contributed by atoms with Gasteiger partial charge in [0.05, 0.1) is 23.2 Å². The molecule has 0 spiro atoms. The van der Waals surface area contributed by atoms with Gasteiger partial charge in [-0.15, -0.1) is 0 Å². The molecular formula is C15H21BN2O6. The van der Waals surface area contributed by atoms with Gasteiger partial charge >= 0.3 is 7.12 Å². The minimum absolute atomic E-state index is 0.123. The lowest BCUT2D eigenvalue weighted by atomic mass is 9.78. The van der Waals surface area contributed by atoms with Gasteiger partial charge in [-0.3, -0.25) is 19.7 Å². The lowest BCUT2D eigenvalue weighted by molar-refractivity contribution is -0.384. The Morgan fingerprint density at radius 3 is 2.21 bits per heavy atom. The highest BCUT2D eigenvalue weighted by atomic mass is 16.7. The molecular weight excluding hydrogens is 315 g/mol. The van der Waals surface area contributed by atoms with Crippen molar-refractivity contribution in [2.45, 2.75) is 38.9 Å². The maximum Gasteiger partial charge on any atom is 0.495 e. The summed E-state index contributed by atoms with van der Waals surface area (Å²) in [6.45, 7) is 7.54. The van der Waals surface area contributed by atoms with E-state index in [9.17, 15) is 14.9 Å². The zero-order valence-electron chi connectivity index (χ0n) is 14.7. The highest BCUT2D eigenvalue weighted by Crippen LogP contribution is 2.36. The maximum atomic E-state index is 12.3. The molecule has 0 radical (unpaired) electrons. The van der Waals surface area contributed by atoms with Crippen molar-refractivity contribution in [3.63, 3.8) is 0 Å². The number of nitrogens with zero attached hydrogens (tertiary/aromatic N) is 2. The number of amides is 1. The summed E-state index contributed by atoms with van der Waals surface area (Å²) in [6, 6.07) is 4.07. The predicted octanol–water partition coefficient (Wildman–Crippen LogP) is 1.53. The number of rotatable bonds is 4. The van der Waals surface area contributed by atoms with E-state index < -0.39 is 29.2 Å². The SMILES string of the molecule is CON(C)C(=O)c1cc(B2OC(C)(C)C(C)(C)O2)cc([N+](=O)[O-])c1. The van der Waals surface area contributed by atoms with Crippen LogP contribution < -0.4 is 5.46 Å². The zero-order chi connectivity index (χ0) is 18.3. The molecule has 0 aromatic heterocycles. The molecule has 1 aromatic carbocycles. The summed E-state index contributed by atoms with van der Waals surface area (Å²) >= 11 is 0. The molecule has 0 N–H and O–H groups in total. The van der Waals surface area contributed by atoms with Gasteiger partial charge in [-0.05, 0) is 39.2 Å². The number of carbonyl (C=O) groups excluding carboxylic acids is 1. The third-order valence-corrected chi connectivity index (χ3v) is 4.48. The third-order valence-electron chi connectivity index (χ3n) is 4.48. The predicted molar refractivity (Wildman–Crippen MR) is 87.9 cm³/mol. The molecule has 1 aliphatic rings. The molecule has 24 heavy (non-hydrogen) atoms. The standard InChI is InChI=1S/C15H21BN2O6/c1-14(2)15(3,4)24-16(23-14)11-7-10(13(19)17(5)22-6)8-12(9-11)18(20)21/h7-9H,1-6H3. The molecule has 130 valence electrons. The topological polar surface area (TPSA) is 91.1 Å². The minimum atomic E-state index is -0.797. The molecule has 1 saturated heterocycles. The number of hydrogen-bond donors (Lipinski definition) is 0. The van der Waals surface area contributed by atoms with E-state index in [1.165, 1.54) is 32.4 Å². The van der Waals surface area contributed by atoms with Crippen molar-refractivity contribution in [1.29, 1.82) is 0 Å². The van der Waals surface area contributed by atoms with Crippen LogP contribution in [0.5, 0.6) is 0 Å². The van der Waals surface area contributed by atoms with Crippen LogP contribution in [-0.4, -0.2) is 48.4 Å². The van der Waals surface area contributed by atoms with Crippen LogP contribution in [0.4, 0.5) is 5.69 Å². The van der Waals surface area contributed by atoms with Crippen molar-refractivity contribution in [3.8, 4) is 0 Å². The van der Waals surface area contributed by atoms with Gasteiger partial charge < -0.3 is 9.31 Å². The lowest BCUT2D eigenvalue weighted by Gasteiger charge is -2.32. The zero-order valence-corrected chi connectivity index (χ0v) is 14.7. The molecule has 1 amide bonds. The van der Waals surface area contributed by atoms with Crippen molar-refractivity contribution in [1.82, 2.24) is 5.06 Å². The van der Waals surface area contributed by atoms with E-state index in [1.54, 1.807) is 0 Å². The van der Waals surface area contributed by atoms with Gasteiger partial charge in [-0.2, -0.15) is 0 Å². The van der Waals surface area contributed by atoms with Crippen LogP contribution >= 0.6 is 0 Å². The Labute approximate surface area is 140 Å². The van der Waals surface area contributed by atoms with Crippen LogP contribution in [-0.2, 0) is 14.1 Å². The smallest absolute Gasteiger partial charge is 0.399 e. The Morgan fingerprint density at radius 1 is 1.21 bits per heavy atom. The first-order valence-electron chi connectivity index (χ1n) is 7.45. The van der Waals surface area contributed by atoms with Gasteiger partial charge in [0.2, 0.25) is 0 Å². The number of nitro groups is 1. The first-order valence-corrected chi connectivity index (χ1v) is 7.45. The van der Waals surface area contributed by atoms with Crippen LogP contribution in [0.1, 0.15) is 38.1 Å². The molecule has 1 fully saturated rings. The molecule has 0 saturated carbocycles. The Hall–Kier alpha value is -1.97. The van der Waals surface area contributed by atoms with Gasteiger partial charge in [0.25, 0.3) is 11.6 Å². The highest BCUT2D eigenvalue weighted by Gasteiger charge is 2.52. The molecule has 0 unspecified atom stereocenters. The van der Waals surface area contributed by atoms with Gasteiger partial charge in [-0.25, -0.2) is 5.06 Å². The Balaban J connectivity index is 2.46. The van der Waals surface area contributed by atoms with Gasteiger partial charge in [-0.1, -0.05) is 0 Å². The quantitative estimate of drug-likeness (QED) is 0.470. The molecule has 2 rings (SSSR count). The summed E-state index contributed by atoms with van der Waals surface area (Å²) in [5.41, 5.74) is -0.852. The van der Waals surface area contributed by atoms with Crippen molar-refractivity contribution >= 4 is 24.2 Å². The van der Waals surface area contributed by atoms with Gasteiger partial charge in [0, 0.05) is 24.7 Å². The fourth-order valence-electron chi connectivity index (χ4n) is 2.24. The maximum absolute atomic E-state index is 12.3. The molecule has 1 aromatic rings. The Kier molecular flexibility index (Phi) is 4.71. The van der Waals surface area contributed by atoms with Gasteiger partial charge in [0.1, 0.15) is 0 Å². The fraction of sp³-hybridized carbons (Fsp3) is 0.533. The van der Waals surface area contributed by atoms with Crippen LogP contribution in [0.3, 0.4) is 0 Å².